The van der Waals surface area contributed by atoms with Crippen molar-refractivity contribution in [1.29, 1.82) is 0 Å². The Bertz CT molecular complexity index is 1180. The van der Waals surface area contributed by atoms with E-state index in [2.05, 4.69) is 20.2 Å². The van der Waals surface area contributed by atoms with Gasteiger partial charge in [0.05, 0.1) is 24.3 Å². The van der Waals surface area contributed by atoms with E-state index in [-0.39, 0.29) is 5.91 Å². The van der Waals surface area contributed by atoms with E-state index in [1.165, 1.54) is 11.3 Å². The molecule has 0 atom stereocenters. The monoisotopic (exact) mass is 449 g/mol. The summed E-state index contributed by atoms with van der Waals surface area (Å²) in [5, 5.41) is 5.20. The molecule has 0 unspecified atom stereocenters. The predicted octanol–water partition coefficient (Wildman–Crippen LogP) is 3.65. The number of thiazole rings is 1. The van der Waals surface area contributed by atoms with Gasteiger partial charge >= 0.3 is 0 Å². The number of rotatable bonds is 7. The minimum absolute atomic E-state index is 0.229. The van der Waals surface area contributed by atoms with Crippen molar-refractivity contribution < 1.29 is 14.3 Å². The van der Waals surface area contributed by atoms with Crippen LogP contribution in [-0.2, 0) is 4.74 Å². The molecule has 164 valence electrons. The van der Waals surface area contributed by atoms with Crippen LogP contribution in [0.1, 0.15) is 10.4 Å². The molecule has 1 saturated heterocycles. The summed E-state index contributed by atoms with van der Waals surface area (Å²) in [6.07, 6.45) is 1.66. The Labute approximate surface area is 189 Å². The van der Waals surface area contributed by atoms with Crippen LogP contribution in [-0.4, -0.2) is 65.2 Å². The Kier molecular flexibility index (Phi) is 6.11. The van der Waals surface area contributed by atoms with Crippen molar-refractivity contribution in [2.24, 2.45) is 0 Å². The second kappa shape index (κ2) is 9.47. The number of anilines is 1. The summed E-state index contributed by atoms with van der Waals surface area (Å²) in [5.74, 6) is 1.30. The van der Waals surface area contributed by atoms with E-state index in [0.29, 0.717) is 28.6 Å². The lowest BCUT2D eigenvalue weighted by molar-refractivity contribution is 0.0322. The quantitative estimate of drug-likeness (QED) is 0.447. The molecule has 32 heavy (non-hydrogen) atoms. The van der Waals surface area contributed by atoms with Crippen LogP contribution in [0.4, 0.5) is 5.13 Å². The van der Waals surface area contributed by atoms with Crippen molar-refractivity contribution >= 4 is 33.4 Å². The number of aromatic amines is 1. The third kappa shape index (κ3) is 4.64. The van der Waals surface area contributed by atoms with Crippen LogP contribution in [0.25, 0.3) is 22.4 Å². The van der Waals surface area contributed by atoms with Crippen molar-refractivity contribution in [3.8, 4) is 17.1 Å². The van der Waals surface area contributed by atoms with Crippen LogP contribution in [0.3, 0.4) is 0 Å². The van der Waals surface area contributed by atoms with Crippen LogP contribution in [0.2, 0.25) is 0 Å². The van der Waals surface area contributed by atoms with Crippen molar-refractivity contribution in [3.05, 3.63) is 59.6 Å². The number of imidazole rings is 1. The molecule has 4 aromatic rings. The number of aromatic nitrogens is 3. The van der Waals surface area contributed by atoms with Gasteiger partial charge in [0.15, 0.2) is 5.13 Å². The van der Waals surface area contributed by atoms with Gasteiger partial charge in [-0.1, -0.05) is 6.07 Å². The molecule has 1 aliphatic heterocycles. The fourth-order valence-corrected chi connectivity index (χ4v) is 4.15. The highest BCUT2D eigenvalue weighted by Crippen LogP contribution is 2.25. The third-order valence-electron chi connectivity index (χ3n) is 5.32. The topological polar surface area (TPSA) is 92.4 Å². The van der Waals surface area contributed by atoms with Gasteiger partial charge in [-0.15, -0.1) is 11.3 Å². The summed E-state index contributed by atoms with van der Waals surface area (Å²) in [7, 11) is 0. The molecule has 0 bridgehead atoms. The lowest BCUT2D eigenvalue weighted by Crippen LogP contribution is -2.38. The average Bonchev–Trinajstić information content (AvgIpc) is 3.50. The fourth-order valence-electron chi connectivity index (χ4n) is 3.63. The van der Waals surface area contributed by atoms with Gasteiger partial charge in [0.25, 0.3) is 5.91 Å². The number of fused-ring (bicyclic) bond motifs is 1. The zero-order valence-corrected chi connectivity index (χ0v) is 18.2. The van der Waals surface area contributed by atoms with Gasteiger partial charge in [-0.2, -0.15) is 0 Å². The normalized spacial score (nSPS) is 14.5. The highest BCUT2D eigenvalue weighted by atomic mass is 32.1. The van der Waals surface area contributed by atoms with E-state index >= 15 is 0 Å². The Morgan fingerprint density at radius 2 is 2.03 bits per heavy atom. The first-order chi connectivity index (χ1) is 15.8. The molecule has 5 rings (SSSR count). The van der Waals surface area contributed by atoms with Gasteiger partial charge in [0.1, 0.15) is 23.7 Å². The maximum absolute atomic E-state index is 12.7. The molecule has 1 amide bonds. The molecule has 0 spiro atoms. The van der Waals surface area contributed by atoms with E-state index in [1.54, 1.807) is 12.3 Å². The van der Waals surface area contributed by atoms with E-state index in [1.807, 2.05) is 41.8 Å². The zero-order valence-electron chi connectivity index (χ0n) is 17.4. The number of carbonyl (C=O) groups is 1. The second-order valence-corrected chi connectivity index (χ2v) is 8.30. The summed E-state index contributed by atoms with van der Waals surface area (Å²) in [4.78, 5) is 27.2. The number of H-pyrrole nitrogens is 1. The first-order valence-corrected chi connectivity index (χ1v) is 11.4. The number of amides is 1. The van der Waals surface area contributed by atoms with Crippen molar-refractivity contribution in [2.75, 3.05) is 44.8 Å². The molecular weight excluding hydrogens is 426 g/mol. The number of nitrogens with one attached hydrogen (secondary N) is 2. The summed E-state index contributed by atoms with van der Waals surface area (Å²) >= 11 is 1.38. The lowest BCUT2D eigenvalue weighted by atomic mass is 10.2. The van der Waals surface area contributed by atoms with E-state index in [0.717, 1.165) is 49.7 Å². The molecule has 1 fully saturated rings. The SMILES string of the molecule is O=C(Nc1nccs1)c1cccc2[nH]c(-c3ccc(OCCN4CCOCC4)cc3)nc12. The minimum Gasteiger partial charge on any atom is -0.492 e. The largest absolute Gasteiger partial charge is 0.492 e. The molecular formula is C23H23N5O3S. The van der Waals surface area contributed by atoms with Crippen molar-refractivity contribution in [1.82, 2.24) is 19.9 Å². The Morgan fingerprint density at radius 3 is 2.81 bits per heavy atom. The van der Waals surface area contributed by atoms with E-state index in [4.69, 9.17) is 14.5 Å². The lowest BCUT2D eigenvalue weighted by Gasteiger charge is -2.26. The minimum atomic E-state index is -0.229. The molecule has 0 aliphatic carbocycles. The van der Waals surface area contributed by atoms with Crippen LogP contribution in [0.15, 0.2) is 54.0 Å². The first kappa shape index (κ1) is 20.6. The molecule has 2 aromatic heterocycles. The molecule has 2 aromatic carbocycles. The van der Waals surface area contributed by atoms with Crippen molar-refractivity contribution in [2.45, 2.75) is 0 Å². The maximum Gasteiger partial charge on any atom is 0.259 e. The molecule has 0 saturated carbocycles. The molecule has 1 aliphatic rings. The predicted molar refractivity (Wildman–Crippen MR) is 124 cm³/mol. The summed E-state index contributed by atoms with van der Waals surface area (Å²) in [6.45, 7) is 5.03. The Hall–Kier alpha value is -3.27. The number of benzene rings is 2. The third-order valence-corrected chi connectivity index (χ3v) is 6.01. The molecule has 3 heterocycles. The second-order valence-electron chi connectivity index (χ2n) is 7.41. The summed E-state index contributed by atoms with van der Waals surface area (Å²) < 4.78 is 11.3. The maximum atomic E-state index is 12.7. The number of hydrogen-bond donors (Lipinski definition) is 2. The van der Waals surface area contributed by atoms with E-state index < -0.39 is 0 Å². The number of morpholine rings is 1. The summed E-state index contributed by atoms with van der Waals surface area (Å²) in [5.41, 5.74) is 2.86. The number of nitrogens with zero attached hydrogens (tertiary/aromatic N) is 3. The number of hydrogen-bond acceptors (Lipinski definition) is 7. The number of ether oxygens (including phenoxy) is 2. The van der Waals surface area contributed by atoms with Crippen molar-refractivity contribution in [3.63, 3.8) is 0 Å². The zero-order chi connectivity index (χ0) is 21.8. The highest BCUT2D eigenvalue weighted by Gasteiger charge is 2.15. The standard InChI is InChI=1S/C23H23N5O3S/c29-22(27-23-24-8-15-32-23)18-2-1-3-19-20(18)26-21(25-19)16-4-6-17(7-5-16)31-14-11-28-9-12-30-13-10-28/h1-8,15H,9-14H2,(H,25,26)(H,24,27,29). The van der Waals surface area contributed by atoms with Gasteiger partial charge in [0, 0.05) is 36.8 Å². The van der Waals surface area contributed by atoms with E-state index in [9.17, 15) is 4.79 Å². The average molecular weight is 450 g/mol. The van der Waals surface area contributed by atoms with Crippen LogP contribution in [0.5, 0.6) is 5.75 Å². The number of para-hydroxylation sites is 1. The molecule has 2 N–H and O–H groups in total. The summed E-state index contributed by atoms with van der Waals surface area (Å²) in [6, 6.07) is 13.3. The van der Waals surface area contributed by atoms with Gasteiger partial charge in [-0.25, -0.2) is 9.97 Å². The van der Waals surface area contributed by atoms with Gasteiger partial charge in [-0.3, -0.25) is 15.0 Å². The Morgan fingerprint density at radius 1 is 1.19 bits per heavy atom. The van der Waals surface area contributed by atoms with Crippen LogP contribution in [0, 0.1) is 0 Å². The number of carbonyl (C=O) groups excluding carboxylic acids is 1. The molecule has 8 nitrogen and oxygen atoms in total. The van der Waals surface area contributed by atoms with Crippen LogP contribution >= 0.6 is 11.3 Å². The molecule has 0 radical (unpaired) electrons. The smallest absolute Gasteiger partial charge is 0.259 e. The van der Waals surface area contributed by atoms with Crippen LogP contribution < -0.4 is 10.1 Å². The van der Waals surface area contributed by atoms with Gasteiger partial charge < -0.3 is 14.5 Å². The molecule has 9 heteroatoms. The highest BCUT2D eigenvalue weighted by molar-refractivity contribution is 7.13. The fraction of sp³-hybridized carbons (Fsp3) is 0.261. The van der Waals surface area contributed by atoms with Gasteiger partial charge in [-0.05, 0) is 36.4 Å². The Balaban J connectivity index is 1.27. The first-order valence-electron chi connectivity index (χ1n) is 10.5. The van der Waals surface area contributed by atoms with Gasteiger partial charge in [0.2, 0.25) is 0 Å².